The minimum absolute atomic E-state index is 0.0180. The summed E-state index contributed by atoms with van der Waals surface area (Å²) in [5.74, 6) is 3.66. The number of likely N-dealkylation sites (tertiary alicyclic amines) is 1. The molecule has 1 spiro atoms. The zero-order valence-corrected chi connectivity index (χ0v) is 21.7. The van der Waals surface area contributed by atoms with Gasteiger partial charge in [0, 0.05) is 44.3 Å². The molecule has 3 fully saturated rings. The van der Waals surface area contributed by atoms with E-state index < -0.39 is 23.3 Å². The molecule has 40 heavy (non-hydrogen) atoms. The predicted octanol–water partition coefficient (Wildman–Crippen LogP) is 2.52. The second-order valence-electron chi connectivity index (χ2n) is 10.4. The Hall–Kier alpha value is -4.26. The Morgan fingerprint density at radius 2 is 1.98 bits per heavy atom. The van der Waals surface area contributed by atoms with E-state index in [2.05, 4.69) is 33.1 Å². The smallest absolute Gasteiger partial charge is 0.423 e. The molecule has 3 saturated heterocycles. The number of aromatic nitrogens is 3. The van der Waals surface area contributed by atoms with Gasteiger partial charge in [-0.15, -0.1) is 0 Å². The minimum atomic E-state index is -4.82. The van der Waals surface area contributed by atoms with Crippen molar-refractivity contribution in [3.05, 3.63) is 46.0 Å². The minimum Gasteiger partial charge on any atom is -0.446 e. The fourth-order valence-electron chi connectivity index (χ4n) is 5.65. The first-order chi connectivity index (χ1) is 19.2. The maximum atomic E-state index is 13.5. The fraction of sp³-hybridized carbons (Fsp3) is 0.519. The summed E-state index contributed by atoms with van der Waals surface area (Å²) >= 11 is 0. The number of H-pyrrole nitrogens is 1. The molecule has 210 valence electrons. The van der Waals surface area contributed by atoms with Crippen molar-refractivity contribution in [2.45, 2.75) is 44.3 Å². The van der Waals surface area contributed by atoms with Crippen molar-refractivity contribution in [3.8, 4) is 18.1 Å². The van der Waals surface area contributed by atoms with Crippen molar-refractivity contribution in [1.82, 2.24) is 20.1 Å². The number of aromatic amines is 1. The van der Waals surface area contributed by atoms with Gasteiger partial charge in [-0.2, -0.15) is 23.5 Å². The number of ether oxygens (including phenoxy) is 1. The van der Waals surface area contributed by atoms with E-state index in [0.29, 0.717) is 38.0 Å². The van der Waals surface area contributed by atoms with E-state index in [0.717, 1.165) is 37.9 Å². The van der Waals surface area contributed by atoms with Crippen molar-refractivity contribution in [1.29, 1.82) is 5.26 Å². The van der Waals surface area contributed by atoms with Crippen molar-refractivity contribution < 1.29 is 22.7 Å². The van der Waals surface area contributed by atoms with Gasteiger partial charge in [0.05, 0.1) is 29.9 Å². The Kier molecular flexibility index (Phi) is 7.57. The molecule has 0 saturated carbocycles. The van der Waals surface area contributed by atoms with Gasteiger partial charge in [0.25, 0.3) is 5.56 Å². The molecule has 0 bridgehead atoms. The first-order valence-electron chi connectivity index (χ1n) is 13.1. The standard InChI is InChI=1S/C27H28F3N7O3/c28-27(29,30)24-21(16-33-34-25(24)39)37-9-1-2-20(37)5-12-40-13-6-23(38)36-17-26(18-36)7-10-35(11-8-26)22-4-3-19(14-31)15-32-22/h3-4,15-16,20H,1-2,6-11,13,17-18H2,(H,34,39). The van der Waals surface area contributed by atoms with Crippen molar-refractivity contribution in [2.75, 3.05) is 49.1 Å². The third-order valence-corrected chi connectivity index (χ3v) is 7.83. The quantitative estimate of drug-likeness (QED) is 0.442. The van der Waals surface area contributed by atoms with Crippen LogP contribution >= 0.6 is 0 Å². The molecule has 3 aliphatic rings. The highest BCUT2D eigenvalue weighted by Gasteiger charge is 2.46. The van der Waals surface area contributed by atoms with Crippen LogP contribution in [0.4, 0.5) is 24.7 Å². The Balaban J connectivity index is 1.06. The van der Waals surface area contributed by atoms with Crippen LogP contribution in [0.1, 0.15) is 43.2 Å². The van der Waals surface area contributed by atoms with Crippen molar-refractivity contribution in [3.63, 3.8) is 0 Å². The number of carbonyl (C=O) groups excluding carboxylic acids is 1. The summed E-state index contributed by atoms with van der Waals surface area (Å²) in [6.07, 6.45) is 3.49. The SMILES string of the molecule is N#Cc1ccc(N2CCC3(CC2)CN(C(=O)CCOC#CC2CCCN2c2cn[nH]c(=O)c2C(F)(F)F)C3)nc1. The first kappa shape index (κ1) is 27.3. The molecular weight excluding hydrogens is 527 g/mol. The molecule has 2 aromatic heterocycles. The van der Waals surface area contributed by atoms with E-state index in [-0.39, 0.29) is 30.0 Å². The summed E-state index contributed by atoms with van der Waals surface area (Å²) < 4.78 is 45.7. The number of rotatable bonds is 5. The summed E-state index contributed by atoms with van der Waals surface area (Å²) in [4.78, 5) is 34.2. The van der Waals surface area contributed by atoms with Crippen LogP contribution in [0.2, 0.25) is 0 Å². The van der Waals surface area contributed by atoms with Gasteiger partial charge in [-0.1, -0.05) is 0 Å². The highest BCUT2D eigenvalue weighted by Crippen LogP contribution is 2.41. The van der Waals surface area contributed by atoms with Crippen LogP contribution in [0.15, 0.2) is 29.3 Å². The van der Waals surface area contributed by atoms with E-state index >= 15 is 0 Å². The Bertz CT molecular complexity index is 1390. The van der Waals surface area contributed by atoms with E-state index in [1.807, 2.05) is 16.1 Å². The number of pyridine rings is 1. The maximum absolute atomic E-state index is 13.5. The molecule has 0 radical (unpaired) electrons. The summed E-state index contributed by atoms with van der Waals surface area (Å²) in [5, 5.41) is 14.3. The number of nitriles is 1. The Morgan fingerprint density at radius 1 is 1.20 bits per heavy atom. The number of nitrogens with one attached hydrogen (secondary N) is 1. The number of amides is 1. The number of halogens is 3. The second kappa shape index (κ2) is 11.1. The summed E-state index contributed by atoms with van der Waals surface area (Å²) in [7, 11) is 0. The lowest BCUT2D eigenvalue weighted by molar-refractivity contribution is -0.145. The van der Waals surface area contributed by atoms with Gasteiger partial charge in [0.2, 0.25) is 5.91 Å². The largest absolute Gasteiger partial charge is 0.446 e. The maximum Gasteiger partial charge on any atom is 0.423 e. The third kappa shape index (κ3) is 5.69. The number of hydrogen-bond acceptors (Lipinski definition) is 8. The topological polar surface area (TPSA) is 118 Å². The molecule has 1 atom stereocenters. The van der Waals surface area contributed by atoms with Crippen LogP contribution in [0.5, 0.6) is 0 Å². The highest BCUT2D eigenvalue weighted by atomic mass is 19.4. The van der Waals surface area contributed by atoms with Crippen LogP contribution in [0.3, 0.4) is 0 Å². The predicted molar refractivity (Wildman–Crippen MR) is 138 cm³/mol. The van der Waals surface area contributed by atoms with Crippen LogP contribution in [0, 0.1) is 28.8 Å². The lowest BCUT2D eigenvalue weighted by Gasteiger charge is -2.54. The molecule has 5 heterocycles. The van der Waals surface area contributed by atoms with Gasteiger partial charge < -0.3 is 19.4 Å². The molecule has 0 aliphatic carbocycles. The number of alkyl halides is 3. The number of piperidine rings is 1. The summed E-state index contributed by atoms with van der Waals surface area (Å²) in [6, 6.07) is 5.14. The third-order valence-electron chi connectivity index (χ3n) is 7.83. The molecule has 1 unspecified atom stereocenters. The molecule has 3 aliphatic heterocycles. The van der Waals surface area contributed by atoms with Crippen LogP contribution in [-0.2, 0) is 15.7 Å². The molecule has 10 nitrogen and oxygen atoms in total. The monoisotopic (exact) mass is 555 g/mol. The molecule has 1 N–H and O–H groups in total. The van der Waals surface area contributed by atoms with E-state index in [4.69, 9.17) is 10.00 Å². The number of nitrogens with zero attached hydrogens (tertiary/aromatic N) is 6. The summed E-state index contributed by atoms with van der Waals surface area (Å²) in [5.41, 5.74) is -2.22. The van der Waals surface area contributed by atoms with Gasteiger partial charge >= 0.3 is 6.18 Å². The second-order valence-corrected chi connectivity index (χ2v) is 10.4. The molecule has 2 aromatic rings. The van der Waals surface area contributed by atoms with Crippen molar-refractivity contribution in [2.24, 2.45) is 5.41 Å². The molecule has 1 amide bonds. The Labute approximate surface area is 228 Å². The van der Waals surface area contributed by atoms with Crippen molar-refractivity contribution >= 4 is 17.4 Å². The van der Waals surface area contributed by atoms with E-state index in [1.54, 1.807) is 12.3 Å². The zero-order chi connectivity index (χ0) is 28.3. The van der Waals surface area contributed by atoms with Gasteiger partial charge in [-0.05, 0) is 43.7 Å². The van der Waals surface area contributed by atoms with Gasteiger partial charge in [0.1, 0.15) is 30.2 Å². The molecule has 5 rings (SSSR count). The van der Waals surface area contributed by atoms with Gasteiger partial charge in [0.15, 0.2) is 0 Å². The molecule has 13 heteroatoms. The molecule has 0 aromatic carbocycles. The lowest BCUT2D eigenvalue weighted by Crippen LogP contribution is -2.62. The van der Waals surface area contributed by atoms with E-state index in [1.165, 1.54) is 4.90 Å². The molecular formula is C27H28F3N7O3. The van der Waals surface area contributed by atoms with Gasteiger partial charge in [-0.25, -0.2) is 10.1 Å². The lowest BCUT2D eigenvalue weighted by atomic mass is 9.72. The summed E-state index contributed by atoms with van der Waals surface area (Å²) in [6.45, 7) is 3.49. The van der Waals surface area contributed by atoms with E-state index in [9.17, 15) is 22.8 Å². The fourth-order valence-corrected chi connectivity index (χ4v) is 5.65. The number of anilines is 2. The zero-order valence-electron chi connectivity index (χ0n) is 21.7. The van der Waals surface area contributed by atoms with Crippen LogP contribution in [-0.4, -0.2) is 71.4 Å². The highest BCUT2D eigenvalue weighted by molar-refractivity contribution is 5.77. The number of hydrogen-bond donors (Lipinski definition) is 1. The van der Waals surface area contributed by atoms with Crippen LogP contribution in [0.25, 0.3) is 0 Å². The van der Waals surface area contributed by atoms with Gasteiger partial charge in [-0.3, -0.25) is 9.59 Å². The number of carbonyl (C=O) groups is 1. The first-order valence-corrected chi connectivity index (χ1v) is 13.1. The average Bonchev–Trinajstić information content (AvgIpc) is 3.39. The normalized spacial score (nSPS) is 19.9. The van der Waals surface area contributed by atoms with Crippen LogP contribution < -0.4 is 15.4 Å². The average molecular weight is 556 g/mol. The Morgan fingerprint density at radius 3 is 2.65 bits per heavy atom.